The zero-order chi connectivity index (χ0) is 8.41. The van der Waals surface area contributed by atoms with Gasteiger partial charge in [-0.05, 0) is 0 Å². The molecule has 0 bridgehead atoms. The maximum Gasteiger partial charge on any atom is 0.550 e. The molecule has 0 atom stereocenters. The summed E-state index contributed by atoms with van der Waals surface area (Å²) >= 11 is 0. The first-order valence-corrected chi connectivity index (χ1v) is 2.18. The van der Waals surface area contributed by atoms with Crippen LogP contribution in [0.4, 0.5) is 4.79 Å². The smallest absolute Gasteiger partial charge is 0.435 e. The van der Waals surface area contributed by atoms with E-state index in [4.69, 9.17) is 0 Å². The minimum Gasteiger partial charge on any atom is -0.435 e. The summed E-state index contributed by atoms with van der Waals surface area (Å²) in [6, 6.07) is 0. The monoisotopic (exact) mass is 144 g/mol. The Kier molecular flexibility index (Phi) is 11.6. The van der Waals surface area contributed by atoms with Crippen molar-refractivity contribution in [2.45, 2.75) is 0 Å². The molecule has 0 aliphatic heterocycles. The van der Waals surface area contributed by atoms with Crippen LogP contribution >= 0.6 is 0 Å². The summed E-state index contributed by atoms with van der Waals surface area (Å²) in [7, 11) is 1.14. The van der Waals surface area contributed by atoms with Crippen LogP contribution in [0.5, 0.6) is 0 Å². The quantitative estimate of drug-likeness (QED) is 0.182. The van der Waals surface area contributed by atoms with Crippen LogP contribution in [0.2, 0.25) is 0 Å². The maximum absolute atomic E-state index is 9.91. The van der Waals surface area contributed by atoms with Crippen LogP contribution in [0.1, 0.15) is 0 Å². The van der Waals surface area contributed by atoms with Crippen molar-refractivity contribution in [3.63, 3.8) is 0 Å². The van der Waals surface area contributed by atoms with Gasteiger partial charge in [-0.25, -0.2) is 4.89 Å². The van der Waals surface area contributed by atoms with Crippen molar-refractivity contribution in [3.8, 4) is 12.5 Å². The third kappa shape index (κ3) is 9.62. The molecule has 10 heavy (non-hydrogen) atoms. The fourth-order valence-corrected chi connectivity index (χ4v) is 0.0921. The highest BCUT2D eigenvalue weighted by atomic mass is 17.2. The van der Waals surface area contributed by atoms with Crippen molar-refractivity contribution in [2.24, 2.45) is 0 Å². The molecule has 0 rings (SSSR count). The van der Waals surface area contributed by atoms with Gasteiger partial charge in [-0.15, -0.1) is 13.2 Å². The fourth-order valence-electron chi connectivity index (χ4n) is 0.0921. The molecule has 0 amide bonds. The molecule has 0 saturated carbocycles. The summed E-state index contributed by atoms with van der Waals surface area (Å²) in [5.41, 5.74) is 0. The first-order valence-electron chi connectivity index (χ1n) is 2.18. The average molecular weight is 144 g/mol. The predicted molar refractivity (Wildman–Crippen MR) is 34.7 cm³/mol. The summed E-state index contributed by atoms with van der Waals surface area (Å²) in [4.78, 5) is 17.4. The molecule has 56 valence electrons. The van der Waals surface area contributed by atoms with Gasteiger partial charge in [-0.3, -0.25) is 0 Å². The highest BCUT2D eigenvalue weighted by Gasteiger charge is 1.97. The minimum absolute atomic E-state index is 0.969. The molecule has 0 radical (unpaired) electrons. The molecule has 0 heterocycles. The van der Waals surface area contributed by atoms with E-state index in [9.17, 15) is 4.79 Å². The first-order chi connectivity index (χ1) is 4.81. The largest absolute Gasteiger partial charge is 0.550 e. The summed E-state index contributed by atoms with van der Waals surface area (Å²) < 4.78 is 3.97. The normalized spacial score (nSPS) is 5.60. The van der Waals surface area contributed by atoms with Gasteiger partial charge in [0.1, 0.15) is 0 Å². The lowest BCUT2D eigenvalue weighted by Gasteiger charge is -1.92. The molecule has 4 heteroatoms. The van der Waals surface area contributed by atoms with E-state index in [2.05, 4.69) is 34.1 Å². The average Bonchev–Trinajstić information content (AvgIpc) is 2.04. The fraction of sp³-hybridized carbons (Fsp3) is 0.167. The Labute approximate surface area is 59.3 Å². The van der Waals surface area contributed by atoms with E-state index >= 15 is 0 Å². The number of carbonyl (C=O) groups excluding carboxylic acids is 1. The zero-order valence-electron chi connectivity index (χ0n) is 5.62. The number of terminal acetylenes is 1. The van der Waals surface area contributed by atoms with Gasteiger partial charge in [0.25, 0.3) is 0 Å². The highest BCUT2D eigenvalue weighted by Crippen LogP contribution is 1.80. The number of methoxy groups -OCH3 is 1. The van der Waals surface area contributed by atoms with E-state index in [1.165, 1.54) is 0 Å². The van der Waals surface area contributed by atoms with Crippen molar-refractivity contribution < 1.29 is 19.3 Å². The molecule has 0 aliphatic carbocycles. The first kappa shape index (κ1) is 11.2. The molecule has 0 aromatic carbocycles. The van der Waals surface area contributed by atoms with Gasteiger partial charge >= 0.3 is 6.16 Å². The van der Waals surface area contributed by atoms with Crippen LogP contribution < -0.4 is 0 Å². The Hall–Kier alpha value is -1.63. The van der Waals surface area contributed by atoms with Crippen LogP contribution in [0.25, 0.3) is 0 Å². The van der Waals surface area contributed by atoms with Gasteiger partial charge in [0, 0.05) is 0 Å². The van der Waals surface area contributed by atoms with E-state index in [-0.39, 0.29) is 0 Å². The number of hydrogen-bond donors (Lipinski definition) is 0. The molecular formula is C6H8O4. The van der Waals surface area contributed by atoms with E-state index in [1.54, 1.807) is 6.11 Å². The Morgan fingerprint density at radius 3 is 2.40 bits per heavy atom. The number of carbonyl (C=O) groups is 1. The molecule has 0 fully saturated rings. The number of ether oxygens (including phenoxy) is 1. The van der Waals surface area contributed by atoms with Gasteiger partial charge < -0.3 is 4.74 Å². The van der Waals surface area contributed by atoms with E-state index in [1.807, 2.05) is 0 Å². The SMILES string of the molecule is C#COOC(=O)OC.C=C. The molecular weight excluding hydrogens is 136 g/mol. The van der Waals surface area contributed by atoms with Crippen LogP contribution in [-0.4, -0.2) is 13.3 Å². The number of hydrogen-bond acceptors (Lipinski definition) is 4. The van der Waals surface area contributed by atoms with Crippen molar-refractivity contribution in [2.75, 3.05) is 7.11 Å². The van der Waals surface area contributed by atoms with E-state index < -0.39 is 6.16 Å². The summed E-state index contributed by atoms with van der Waals surface area (Å²) in [5.74, 6) is 0. The second kappa shape index (κ2) is 10.4. The molecule has 0 aromatic heterocycles. The Bertz CT molecular complexity index is 124. The summed E-state index contributed by atoms with van der Waals surface area (Å²) in [6.45, 7) is 6.00. The number of rotatable bonds is 1. The molecule has 0 unspecified atom stereocenters. The Morgan fingerprint density at radius 2 is 2.10 bits per heavy atom. The van der Waals surface area contributed by atoms with Crippen LogP contribution in [-0.2, 0) is 14.5 Å². The molecule has 0 aromatic rings. The summed E-state index contributed by atoms with van der Waals surface area (Å²) in [6.07, 6.45) is 5.17. The Morgan fingerprint density at radius 1 is 1.60 bits per heavy atom. The standard InChI is InChI=1S/C4H4O4.C2H4/c1-3-7-8-4(5)6-2;1-2/h1H,2H3;1-2H2. The highest BCUT2D eigenvalue weighted by molar-refractivity contribution is 5.58. The van der Waals surface area contributed by atoms with Gasteiger partial charge in [0.2, 0.25) is 0 Å². The second-order valence-electron chi connectivity index (χ2n) is 0.739. The topological polar surface area (TPSA) is 44.8 Å². The van der Waals surface area contributed by atoms with Crippen molar-refractivity contribution in [1.82, 2.24) is 0 Å². The molecule has 4 nitrogen and oxygen atoms in total. The minimum atomic E-state index is -0.969. The van der Waals surface area contributed by atoms with Gasteiger partial charge in [-0.1, -0.05) is 6.42 Å². The van der Waals surface area contributed by atoms with Crippen LogP contribution in [0.15, 0.2) is 13.2 Å². The van der Waals surface area contributed by atoms with Crippen molar-refractivity contribution in [3.05, 3.63) is 13.2 Å². The van der Waals surface area contributed by atoms with E-state index in [0.717, 1.165) is 7.11 Å². The third-order valence-electron chi connectivity index (χ3n) is 0.324. The van der Waals surface area contributed by atoms with Crippen LogP contribution in [0, 0.1) is 12.5 Å². The lowest BCUT2D eigenvalue weighted by molar-refractivity contribution is -0.192. The maximum atomic E-state index is 9.91. The van der Waals surface area contributed by atoms with Crippen LogP contribution in [0.3, 0.4) is 0 Å². The van der Waals surface area contributed by atoms with Gasteiger partial charge in [0.15, 0.2) is 6.11 Å². The zero-order valence-corrected chi connectivity index (χ0v) is 5.62. The second-order valence-corrected chi connectivity index (χ2v) is 0.739. The van der Waals surface area contributed by atoms with Gasteiger partial charge in [0.05, 0.1) is 7.11 Å². The van der Waals surface area contributed by atoms with Crippen molar-refractivity contribution >= 4 is 6.16 Å². The third-order valence-corrected chi connectivity index (χ3v) is 0.324. The lowest BCUT2D eigenvalue weighted by Crippen LogP contribution is -2.01. The summed E-state index contributed by atoms with van der Waals surface area (Å²) in [5, 5.41) is 0. The molecule has 0 aliphatic rings. The molecule has 0 N–H and O–H groups in total. The predicted octanol–water partition coefficient (Wildman–Crippen LogP) is 1.09. The van der Waals surface area contributed by atoms with Gasteiger partial charge in [-0.2, -0.15) is 9.68 Å². The lowest BCUT2D eigenvalue weighted by atomic mass is 11.3. The Balaban J connectivity index is 0. The van der Waals surface area contributed by atoms with Crippen molar-refractivity contribution in [1.29, 1.82) is 0 Å². The van der Waals surface area contributed by atoms with E-state index in [0.29, 0.717) is 0 Å². The molecule has 0 spiro atoms. The molecule has 0 saturated heterocycles.